The third-order valence-corrected chi connectivity index (χ3v) is 4.78. The predicted octanol–water partition coefficient (Wildman–Crippen LogP) is 3.01. The van der Waals surface area contributed by atoms with Crippen molar-refractivity contribution in [1.82, 2.24) is 19.9 Å². The predicted molar refractivity (Wildman–Crippen MR) is 94.5 cm³/mol. The number of carbonyl (C=O) groups excluding carboxylic acids is 1. The third-order valence-electron chi connectivity index (χ3n) is 4.78. The number of fused-ring (bicyclic) bond motifs is 1. The summed E-state index contributed by atoms with van der Waals surface area (Å²) in [6, 6.07) is 5.75. The summed E-state index contributed by atoms with van der Waals surface area (Å²) in [5.74, 6) is 1.41. The van der Waals surface area contributed by atoms with Crippen molar-refractivity contribution in [3.8, 4) is 17.5 Å². The maximum atomic E-state index is 12.7. The van der Waals surface area contributed by atoms with E-state index in [2.05, 4.69) is 21.5 Å². The van der Waals surface area contributed by atoms with E-state index in [0.717, 1.165) is 18.4 Å². The second kappa shape index (κ2) is 5.99. The minimum atomic E-state index is -0.197. The maximum absolute atomic E-state index is 12.7. The van der Waals surface area contributed by atoms with E-state index in [1.807, 2.05) is 19.9 Å². The molecule has 1 aliphatic rings. The van der Waals surface area contributed by atoms with Gasteiger partial charge in [-0.25, -0.2) is 9.50 Å². The van der Waals surface area contributed by atoms with E-state index < -0.39 is 0 Å². The number of carbonyl (C=O) groups is 1. The van der Waals surface area contributed by atoms with Crippen LogP contribution in [0.4, 0.5) is 0 Å². The average Bonchev–Trinajstić information content (AvgIpc) is 3.26. The minimum absolute atomic E-state index is 0.134. The Morgan fingerprint density at radius 3 is 2.88 bits per heavy atom. The molecule has 1 aliphatic carbocycles. The highest BCUT2D eigenvalue weighted by Crippen LogP contribution is 2.32. The lowest BCUT2D eigenvalue weighted by molar-refractivity contribution is 0.0928. The molecule has 0 bridgehead atoms. The summed E-state index contributed by atoms with van der Waals surface area (Å²) in [6.07, 6.45) is 3.85. The number of furan rings is 1. The van der Waals surface area contributed by atoms with Crippen molar-refractivity contribution in [3.63, 3.8) is 0 Å². The van der Waals surface area contributed by atoms with Crippen molar-refractivity contribution in [1.29, 1.82) is 5.26 Å². The molecular formula is C19H19N5O2. The number of hydrogen-bond acceptors (Lipinski definition) is 5. The topological polar surface area (TPSA) is 96.2 Å². The molecule has 3 aromatic heterocycles. The lowest BCUT2D eigenvalue weighted by atomic mass is 10.2. The normalized spacial score (nSPS) is 15.0. The van der Waals surface area contributed by atoms with Crippen LogP contribution in [0.5, 0.6) is 0 Å². The molecule has 1 amide bonds. The Morgan fingerprint density at radius 1 is 1.42 bits per heavy atom. The van der Waals surface area contributed by atoms with E-state index >= 15 is 0 Å². The SMILES string of the molecule is Cc1cc(C#N)c(-c2cc(C)c3ncc(C(=O)NC(C)C4CC4)n3n2)o1. The number of aromatic nitrogens is 3. The van der Waals surface area contributed by atoms with Crippen LogP contribution < -0.4 is 5.32 Å². The number of amides is 1. The van der Waals surface area contributed by atoms with Gasteiger partial charge in [0.25, 0.3) is 5.91 Å². The van der Waals surface area contributed by atoms with Gasteiger partial charge in [0.15, 0.2) is 17.1 Å². The number of nitriles is 1. The van der Waals surface area contributed by atoms with Crippen molar-refractivity contribution >= 4 is 11.6 Å². The molecular weight excluding hydrogens is 330 g/mol. The van der Waals surface area contributed by atoms with Gasteiger partial charge in [-0.15, -0.1) is 0 Å². The Labute approximate surface area is 150 Å². The minimum Gasteiger partial charge on any atom is -0.458 e. The summed E-state index contributed by atoms with van der Waals surface area (Å²) in [6.45, 7) is 5.70. The van der Waals surface area contributed by atoms with Crippen LogP contribution in [-0.4, -0.2) is 26.5 Å². The number of hydrogen-bond donors (Lipinski definition) is 1. The van der Waals surface area contributed by atoms with Gasteiger partial charge in [0.1, 0.15) is 23.1 Å². The maximum Gasteiger partial charge on any atom is 0.271 e. The van der Waals surface area contributed by atoms with Gasteiger partial charge in [-0.05, 0) is 57.2 Å². The molecule has 3 aromatic rings. The Morgan fingerprint density at radius 2 is 2.19 bits per heavy atom. The highest BCUT2D eigenvalue weighted by atomic mass is 16.3. The lowest BCUT2D eigenvalue weighted by Crippen LogP contribution is -2.34. The molecule has 0 saturated heterocycles. The van der Waals surface area contributed by atoms with Crippen LogP contribution >= 0.6 is 0 Å². The van der Waals surface area contributed by atoms with Crippen molar-refractivity contribution in [2.24, 2.45) is 5.92 Å². The first-order chi connectivity index (χ1) is 12.5. The highest BCUT2D eigenvalue weighted by molar-refractivity contribution is 5.93. The van der Waals surface area contributed by atoms with Crippen LogP contribution in [0, 0.1) is 31.1 Å². The van der Waals surface area contributed by atoms with Gasteiger partial charge in [-0.3, -0.25) is 4.79 Å². The number of imidazole rings is 1. The number of nitrogens with zero attached hydrogens (tertiary/aromatic N) is 4. The molecule has 7 nitrogen and oxygen atoms in total. The molecule has 7 heteroatoms. The standard InChI is InChI=1S/C19H19N5O2/c1-10-6-15(17-14(8-20)7-11(2)26-17)23-24-16(9-21-18(10)24)19(25)22-12(3)13-4-5-13/h6-7,9,12-13H,4-5H2,1-3H3,(H,22,25). The van der Waals surface area contributed by atoms with E-state index in [1.165, 1.54) is 10.7 Å². The number of nitrogens with one attached hydrogen (secondary N) is 1. The Bertz CT molecular complexity index is 1050. The van der Waals surface area contributed by atoms with Crippen LogP contribution in [0.15, 0.2) is 22.7 Å². The van der Waals surface area contributed by atoms with Crippen molar-refractivity contribution in [3.05, 3.63) is 40.9 Å². The largest absolute Gasteiger partial charge is 0.458 e. The van der Waals surface area contributed by atoms with Crippen LogP contribution in [0.25, 0.3) is 17.1 Å². The van der Waals surface area contributed by atoms with Crippen LogP contribution in [0.3, 0.4) is 0 Å². The Hall–Kier alpha value is -3.14. The van der Waals surface area contributed by atoms with E-state index in [4.69, 9.17) is 4.42 Å². The van der Waals surface area contributed by atoms with Crippen molar-refractivity contribution < 1.29 is 9.21 Å². The van der Waals surface area contributed by atoms with Gasteiger partial charge < -0.3 is 9.73 Å². The lowest BCUT2D eigenvalue weighted by Gasteiger charge is -2.12. The molecule has 3 heterocycles. The van der Waals surface area contributed by atoms with Gasteiger partial charge in [0.05, 0.1) is 6.20 Å². The fourth-order valence-electron chi connectivity index (χ4n) is 3.17. The van der Waals surface area contributed by atoms with E-state index in [-0.39, 0.29) is 11.9 Å². The molecule has 26 heavy (non-hydrogen) atoms. The fraction of sp³-hybridized carbons (Fsp3) is 0.368. The molecule has 132 valence electrons. The van der Waals surface area contributed by atoms with E-state index in [1.54, 1.807) is 13.0 Å². The fourth-order valence-corrected chi connectivity index (χ4v) is 3.17. The summed E-state index contributed by atoms with van der Waals surface area (Å²) in [5.41, 5.74) is 2.75. The number of rotatable bonds is 4. The summed E-state index contributed by atoms with van der Waals surface area (Å²) < 4.78 is 7.18. The molecule has 1 saturated carbocycles. The first kappa shape index (κ1) is 16.3. The van der Waals surface area contributed by atoms with Gasteiger partial charge in [-0.2, -0.15) is 10.4 Å². The highest BCUT2D eigenvalue weighted by Gasteiger charge is 2.30. The summed E-state index contributed by atoms with van der Waals surface area (Å²) in [7, 11) is 0. The van der Waals surface area contributed by atoms with Gasteiger partial charge in [0.2, 0.25) is 0 Å². The Balaban J connectivity index is 1.78. The molecule has 0 radical (unpaired) electrons. The van der Waals surface area contributed by atoms with E-state index in [9.17, 15) is 10.1 Å². The summed E-state index contributed by atoms with van der Waals surface area (Å²) in [5, 5.41) is 16.9. The van der Waals surface area contributed by atoms with Gasteiger partial charge in [-0.1, -0.05) is 0 Å². The van der Waals surface area contributed by atoms with Gasteiger partial charge >= 0.3 is 0 Å². The van der Waals surface area contributed by atoms with Crippen molar-refractivity contribution in [2.45, 2.75) is 39.7 Å². The molecule has 1 unspecified atom stereocenters. The van der Waals surface area contributed by atoms with E-state index in [0.29, 0.717) is 40.0 Å². The second-order valence-electron chi connectivity index (χ2n) is 6.90. The number of aryl methyl sites for hydroxylation is 2. The third kappa shape index (κ3) is 2.73. The molecule has 0 aliphatic heterocycles. The zero-order valence-electron chi connectivity index (χ0n) is 14.9. The van der Waals surface area contributed by atoms with Crippen molar-refractivity contribution in [2.75, 3.05) is 0 Å². The van der Waals surface area contributed by atoms with Crippen LogP contribution in [-0.2, 0) is 0 Å². The molecule has 0 spiro atoms. The smallest absolute Gasteiger partial charge is 0.271 e. The molecule has 4 rings (SSSR count). The van der Waals surface area contributed by atoms with Crippen LogP contribution in [0.2, 0.25) is 0 Å². The molecule has 1 fully saturated rings. The second-order valence-corrected chi connectivity index (χ2v) is 6.90. The zero-order chi connectivity index (χ0) is 18.4. The first-order valence-corrected chi connectivity index (χ1v) is 8.65. The molecule has 1 atom stereocenters. The molecule has 1 N–H and O–H groups in total. The quantitative estimate of drug-likeness (QED) is 0.781. The van der Waals surface area contributed by atoms with Gasteiger partial charge in [0, 0.05) is 6.04 Å². The molecule has 0 aromatic carbocycles. The summed E-state index contributed by atoms with van der Waals surface area (Å²) >= 11 is 0. The Kier molecular flexibility index (Phi) is 3.76. The average molecular weight is 349 g/mol. The monoisotopic (exact) mass is 349 g/mol. The van der Waals surface area contributed by atoms with Crippen LogP contribution in [0.1, 0.15) is 47.1 Å². The zero-order valence-corrected chi connectivity index (χ0v) is 14.9. The summed E-state index contributed by atoms with van der Waals surface area (Å²) in [4.78, 5) is 17.0. The first-order valence-electron chi connectivity index (χ1n) is 8.65.